The number of anilines is 1. The Hall–Kier alpha value is -2.45. The van der Waals surface area contributed by atoms with Crippen molar-refractivity contribution in [1.82, 2.24) is 9.88 Å². The molecule has 1 aromatic rings. The lowest BCUT2D eigenvalue weighted by atomic mass is 9.81. The summed E-state index contributed by atoms with van der Waals surface area (Å²) in [5, 5.41) is 2.63. The van der Waals surface area contributed by atoms with E-state index < -0.39 is 11.9 Å². The molecule has 0 aromatic carbocycles. The number of hydrogen-bond donors (Lipinski definition) is 1. The van der Waals surface area contributed by atoms with Gasteiger partial charge in [0, 0.05) is 12.0 Å². The number of fused-ring (bicyclic) bond motifs is 5. The molecule has 1 aromatic heterocycles. The predicted octanol–water partition coefficient (Wildman–Crippen LogP) is 3.63. The number of carbonyl (C=O) groups is 3. The Morgan fingerprint density at radius 1 is 0.968 bits per heavy atom. The van der Waals surface area contributed by atoms with Crippen LogP contribution in [-0.4, -0.2) is 33.6 Å². The van der Waals surface area contributed by atoms with Crippen molar-refractivity contribution in [1.29, 1.82) is 0 Å². The predicted molar refractivity (Wildman–Crippen MR) is 103 cm³/mol. The van der Waals surface area contributed by atoms with Gasteiger partial charge in [-0.25, -0.2) is 4.98 Å². The van der Waals surface area contributed by atoms with Gasteiger partial charge in [0.25, 0.3) is 0 Å². The van der Waals surface area contributed by atoms with Crippen LogP contribution in [0.15, 0.2) is 18.3 Å². The van der Waals surface area contributed by atoms with Crippen molar-refractivity contribution in [2.45, 2.75) is 57.2 Å². The summed E-state index contributed by atoms with van der Waals surface area (Å²) in [6, 6.07) is 1.87. The number of likely N-dealkylation sites (tertiary alicyclic amines) is 1. The van der Waals surface area contributed by atoms with E-state index in [0.717, 1.165) is 31.5 Å². The summed E-state index contributed by atoms with van der Waals surface area (Å²) in [5.74, 6) is -0.126. The molecule has 0 radical (unpaired) electrons. The fourth-order valence-electron chi connectivity index (χ4n) is 6.27. The fourth-order valence-corrected chi connectivity index (χ4v) is 6.27. The van der Waals surface area contributed by atoms with Crippen LogP contribution in [0.2, 0.25) is 0 Å². The van der Waals surface area contributed by atoms with Crippen molar-refractivity contribution in [2.75, 3.05) is 5.32 Å². The lowest BCUT2D eigenvalue weighted by Crippen LogP contribution is -2.44. The standard InChI is InChI=1S/C22H24F3N3O3/c23-22(24,25)16-8-5-14(10-26-16)27-19(29)11-3-6-15(7-4-11)28-20(30)17-12-1-2-13(9-12)18(17)21(28)31/h5,8,10-13,15,17-18H,1-4,6-7,9H2,(H,27,29)/t11-,12-,13+,15-,17-,18+. The minimum absolute atomic E-state index is 0.00840. The van der Waals surface area contributed by atoms with Crippen molar-refractivity contribution in [3.8, 4) is 0 Å². The van der Waals surface area contributed by atoms with E-state index in [9.17, 15) is 27.6 Å². The van der Waals surface area contributed by atoms with Gasteiger partial charge in [0.1, 0.15) is 5.69 Å². The van der Waals surface area contributed by atoms with Gasteiger partial charge in [-0.3, -0.25) is 19.3 Å². The normalized spacial score (nSPS) is 34.9. The zero-order chi connectivity index (χ0) is 21.9. The Balaban J connectivity index is 1.18. The molecule has 1 aliphatic heterocycles. The smallest absolute Gasteiger partial charge is 0.324 e. The number of nitrogens with one attached hydrogen (secondary N) is 1. The second-order valence-corrected chi connectivity index (χ2v) is 9.36. The molecular weight excluding hydrogens is 411 g/mol. The van der Waals surface area contributed by atoms with E-state index in [1.807, 2.05) is 0 Å². The molecule has 3 amide bonds. The van der Waals surface area contributed by atoms with Crippen LogP contribution in [0.25, 0.3) is 0 Å². The first-order chi connectivity index (χ1) is 14.7. The van der Waals surface area contributed by atoms with Crippen LogP contribution in [0.5, 0.6) is 0 Å². The first-order valence-electron chi connectivity index (χ1n) is 10.9. The van der Waals surface area contributed by atoms with Gasteiger partial charge in [-0.1, -0.05) is 0 Å². The number of carbonyl (C=O) groups excluding carboxylic acids is 3. The highest BCUT2D eigenvalue weighted by Gasteiger charge is 2.61. The molecule has 31 heavy (non-hydrogen) atoms. The van der Waals surface area contributed by atoms with E-state index >= 15 is 0 Å². The Morgan fingerprint density at radius 2 is 1.58 bits per heavy atom. The molecule has 4 aliphatic rings. The summed E-state index contributed by atoms with van der Waals surface area (Å²) in [7, 11) is 0. The zero-order valence-electron chi connectivity index (χ0n) is 16.9. The van der Waals surface area contributed by atoms with Gasteiger partial charge >= 0.3 is 6.18 Å². The van der Waals surface area contributed by atoms with E-state index in [2.05, 4.69) is 10.3 Å². The molecule has 0 spiro atoms. The molecule has 4 atom stereocenters. The summed E-state index contributed by atoms with van der Waals surface area (Å²) in [6.07, 6.45) is 1.80. The van der Waals surface area contributed by atoms with E-state index in [4.69, 9.17) is 0 Å². The van der Waals surface area contributed by atoms with E-state index in [-0.39, 0.29) is 47.2 Å². The molecular formula is C22H24F3N3O3. The van der Waals surface area contributed by atoms with Crippen molar-refractivity contribution in [3.05, 3.63) is 24.0 Å². The molecule has 166 valence electrons. The van der Waals surface area contributed by atoms with E-state index in [1.54, 1.807) is 0 Å². The van der Waals surface area contributed by atoms with Crippen LogP contribution in [0.3, 0.4) is 0 Å². The third kappa shape index (κ3) is 3.42. The molecule has 5 rings (SSSR count). The SMILES string of the molecule is O=C1[C@@H]2[C@@H]3CC[C@@H](C3)[C@@H]2C(=O)N1[C@H]1CC[C@H](C(=O)Nc2ccc(C(F)(F)F)nc2)CC1. The van der Waals surface area contributed by atoms with Crippen LogP contribution in [-0.2, 0) is 20.6 Å². The minimum Gasteiger partial charge on any atom is -0.324 e. The Bertz CT molecular complexity index is 881. The van der Waals surface area contributed by atoms with Gasteiger partial charge in [-0.05, 0) is 68.9 Å². The first-order valence-corrected chi connectivity index (χ1v) is 10.9. The number of rotatable bonds is 3. The van der Waals surface area contributed by atoms with E-state index in [0.29, 0.717) is 37.5 Å². The number of alkyl halides is 3. The summed E-state index contributed by atoms with van der Waals surface area (Å²) in [5.41, 5.74) is -0.794. The maximum Gasteiger partial charge on any atom is 0.433 e. The maximum absolute atomic E-state index is 13.0. The molecule has 6 nitrogen and oxygen atoms in total. The maximum atomic E-state index is 13.0. The Labute approximate surface area is 177 Å². The van der Waals surface area contributed by atoms with Gasteiger partial charge in [-0.15, -0.1) is 0 Å². The average Bonchev–Trinajstić information content (AvgIpc) is 3.42. The van der Waals surface area contributed by atoms with Crippen molar-refractivity contribution >= 4 is 23.4 Å². The number of nitrogens with zero attached hydrogens (tertiary/aromatic N) is 2. The van der Waals surface area contributed by atoms with Crippen molar-refractivity contribution in [2.24, 2.45) is 29.6 Å². The number of hydrogen-bond acceptors (Lipinski definition) is 4. The van der Waals surface area contributed by atoms with Gasteiger partial charge in [0.15, 0.2) is 0 Å². The van der Waals surface area contributed by atoms with Gasteiger partial charge in [-0.2, -0.15) is 13.2 Å². The number of pyridine rings is 1. The summed E-state index contributed by atoms with van der Waals surface area (Å²) >= 11 is 0. The monoisotopic (exact) mass is 435 g/mol. The summed E-state index contributed by atoms with van der Waals surface area (Å²) in [6.45, 7) is 0. The highest BCUT2D eigenvalue weighted by molar-refractivity contribution is 6.06. The average molecular weight is 435 g/mol. The minimum atomic E-state index is -4.52. The van der Waals surface area contributed by atoms with Crippen molar-refractivity contribution < 1.29 is 27.6 Å². The van der Waals surface area contributed by atoms with E-state index in [1.165, 1.54) is 11.0 Å². The second-order valence-electron chi connectivity index (χ2n) is 9.36. The fraction of sp³-hybridized carbons (Fsp3) is 0.636. The Morgan fingerprint density at radius 3 is 2.10 bits per heavy atom. The zero-order valence-corrected chi connectivity index (χ0v) is 16.9. The molecule has 2 heterocycles. The quantitative estimate of drug-likeness (QED) is 0.736. The highest BCUT2D eigenvalue weighted by Crippen LogP contribution is 2.56. The molecule has 1 saturated heterocycles. The third-order valence-electron chi connectivity index (χ3n) is 7.72. The highest BCUT2D eigenvalue weighted by atomic mass is 19.4. The molecule has 9 heteroatoms. The number of halogens is 3. The number of amides is 3. The van der Waals surface area contributed by atoms with Crippen LogP contribution >= 0.6 is 0 Å². The first kappa shape index (κ1) is 20.5. The number of aromatic nitrogens is 1. The second kappa shape index (κ2) is 7.31. The van der Waals surface area contributed by atoms with Gasteiger partial charge < -0.3 is 5.32 Å². The molecule has 4 fully saturated rings. The third-order valence-corrected chi connectivity index (χ3v) is 7.72. The molecule has 1 N–H and O–H groups in total. The molecule has 0 unspecified atom stereocenters. The van der Waals surface area contributed by atoms with Crippen LogP contribution in [0.1, 0.15) is 50.6 Å². The topological polar surface area (TPSA) is 79.4 Å². The van der Waals surface area contributed by atoms with Crippen molar-refractivity contribution in [3.63, 3.8) is 0 Å². The van der Waals surface area contributed by atoms with Crippen LogP contribution < -0.4 is 5.32 Å². The summed E-state index contributed by atoms with van der Waals surface area (Å²) in [4.78, 5) is 43.4. The summed E-state index contributed by atoms with van der Waals surface area (Å²) < 4.78 is 37.8. The lowest BCUT2D eigenvalue weighted by Gasteiger charge is -2.33. The van der Waals surface area contributed by atoms with Gasteiger partial charge in [0.05, 0.1) is 23.7 Å². The lowest BCUT2D eigenvalue weighted by molar-refractivity contribution is -0.144. The van der Waals surface area contributed by atoms with Gasteiger partial charge in [0.2, 0.25) is 17.7 Å². The number of imide groups is 1. The molecule has 3 saturated carbocycles. The molecule has 3 aliphatic carbocycles. The largest absolute Gasteiger partial charge is 0.433 e. The Kier molecular flexibility index (Phi) is 4.82. The molecule has 2 bridgehead atoms. The van der Waals surface area contributed by atoms with Crippen LogP contribution in [0, 0.1) is 29.6 Å². The van der Waals surface area contributed by atoms with Crippen LogP contribution in [0.4, 0.5) is 18.9 Å².